The summed E-state index contributed by atoms with van der Waals surface area (Å²) >= 11 is 0. The molecule has 1 aliphatic carbocycles. The molecule has 0 N–H and O–H groups in total. The molecule has 0 aromatic heterocycles. The number of hydrogen-bond donors (Lipinski definition) is 0. The molecule has 0 saturated heterocycles. The van der Waals surface area contributed by atoms with Crippen LogP contribution in [0.4, 0.5) is 0 Å². The highest BCUT2D eigenvalue weighted by atomic mass is 16.5. The van der Waals surface area contributed by atoms with Crippen LogP contribution in [0.1, 0.15) is 26.2 Å². The topological polar surface area (TPSA) is 26.3 Å². The van der Waals surface area contributed by atoms with E-state index in [0.29, 0.717) is 0 Å². The molecule has 0 radical (unpaired) electrons. The lowest BCUT2D eigenvalue weighted by Gasteiger charge is -2.16. The van der Waals surface area contributed by atoms with Crippen molar-refractivity contribution in [3.63, 3.8) is 0 Å². The Balaban J connectivity index is 2.47. The maximum atomic E-state index is 11.3. The lowest BCUT2D eigenvalue weighted by molar-refractivity contribution is -0.119. The first-order chi connectivity index (χ1) is 5.74. The van der Waals surface area contributed by atoms with Crippen LogP contribution in [0.3, 0.4) is 0 Å². The second-order valence-corrected chi connectivity index (χ2v) is 3.47. The van der Waals surface area contributed by atoms with Crippen molar-refractivity contribution < 1.29 is 9.53 Å². The van der Waals surface area contributed by atoms with Crippen LogP contribution in [-0.4, -0.2) is 19.5 Å². The van der Waals surface area contributed by atoms with Crippen molar-refractivity contribution in [3.05, 3.63) is 11.6 Å². The van der Waals surface area contributed by atoms with Gasteiger partial charge in [0.2, 0.25) is 0 Å². The zero-order valence-electron chi connectivity index (χ0n) is 7.80. The summed E-state index contributed by atoms with van der Waals surface area (Å²) < 4.78 is 4.79. The minimum absolute atomic E-state index is 0.157. The van der Waals surface area contributed by atoms with Gasteiger partial charge in [0.15, 0.2) is 5.78 Å². The van der Waals surface area contributed by atoms with Gasteiger partial charge in [0, 0.05) is 7.11 Å². The monoisotopic (exact) mass is 168 g/mol. The molecule has 0 heterocycles. The van der Waals surface area contributed by atoms with Crippen LogP contribution >= 0.6 is 0 Å². The van der Waals surface area contributed by atoms with Crippen LogP contribution in [-0.2, 0) is 9.53 Å². The lowest BCUT2D eigenvalue weighted by Crippen LogP contribution is -2.13. The molecule has 2 heteroatoms. The average molecular weight is 168 g/mol. The average Bonchev–Trinajstić information content (AvgIpc) is 2.06. The number of Topliss-reactive ketones (excluding diaryl/α,β-unsaturated/α-hetero) is 1. The van der Waals surface area contributed by atoms with E-state index in [1.165, 1.54) is 0 Å². The van der Waals surface area contributed by atoms with E-state index in [2.05, 4.69) is 13.0 Å². The van der Waals surface area contributed by atoms with Gasteiger partial charge in [-0.05, 0) is 30.8 Å². The number of ether oxygens (including phenoxy) is 1. The smallest absolute Gasteiger partial charge is 0.184 e. The van der Waals surface area contributed by atoms with Gasteiger partial charge in [-0.1, -0.05) is 13.0 Å². The van der Waals surface area contributed by atoms with Crippen molar-refractivity contribution in [1.29, 1.82) is 0 Å². The molecule has 0 aromatic rings. The predicted octanol–water partition coefficient (Wildman–Crippen LogP) is 1.95. The molecular weight excluding hydrogens is 152 g/mol. The molecule has 2 nitrogen and oxygen atoms in total. The fourth-order valence-electron chi connectivity index (χ4n) is 1.44. The number of ketones is 1. The van der Waals surface area contributed by atoms with Crippen LogP contribution in [0.2, 0.25) is 0 Å². The summed E-state index contributed by atoms with van der Waals surface area (Å²) in [4.78, 5) is 11.3. The van der Waals surface area contributed by atoms with Crippen LogP contribution in [0.5, 0.6) is 0 Å². The van der Waals surface area contributed by atoms with E-state index in [1.807, 2.05) is 0 Å². The molecule has 0 spiro atoms. The van der Waals surface area contributed by atoms with Crippen LogP contribution in [0.15, 0.2) is 11.6 Å². The Bertz CT molecular complexity index is 194. The van der Waals surface area contributed by atoms with Crippen molar-refractivity contribution in [2.24, 2.45) is 5.92 Å². The van der Waals surface area contributed by atoms with Gasteiger partial charge in [-0.3, -0.25) is 4.79 Å². The Labute approximate surface area is 73.6 Å². The van der Waals surface area contributed by atoms with E-state index in [-0.39, 0.29) is 12.4 Å². The molecule has 0 saturated carbocycles. The fourth-order valence-corrected chi connectivity index (χ4v) is 1.44. The standard InChI is InChI=1S/C10H16O2/c1-8-3-5-9(6-4-8)10(11)7-12-2/h5,8H,3-4,6-7H2,1-2H3. The summed E-state index contributed by atoms with van der Waals surface area (Å²) in [7, 11) is 1.56. The van der Waals surface area contributed by atoms with E-state index in [0.717, 1.165) is 30.8 Å². The number of carbonyl (C=O) groups is 1. The minimum Gasteiger partial charge on any atom is -0.377 e. The maximum Gasteiger partial charge on any atom is 0.184 e. The zero-order valence-corrected chi connectivity index (χ0v) is 7.80. The maximum absolute atomic E-state index is 11.3. The molecule has 0 fully saturated rings. The summed E-state index contributed by atoms with van der Waals surface area (Å²) in [6.07, 6.45) is 5.19. The van der Waals surface area contributed by atoms with Crippen LogP contribution in [0, 0.1) is 5.92 Å². The molecule has 0 amide bonds. The number of allylic oxidation sites excluding steroid dienone is 1. The molecule has 68 valence electrons. The van der Waals surface area contributed by atoms with E-state index in [1.54, 1.807) is 7.11 Å². The van der Waals surface area contributed by atoms with Gasteiger partial charge in [-0.15, -0.1) is 0 Å². The zero-order chi connectivity index (χ0) is 8.97. The van der Waals surface area contributed by atoms with Gasteiger partial charge in [0.25, 0.3) is 0 Å². The van der Waals surface area contributed by atoms with Gasteiger partial charge >= 0.3 is 0 Å². The largest absolute Gasteiger partial charge is 0.377 e. The third kappa shape index (κ3) is 2.45. The molecule has 1 aliphatic rings. The summed E-state index contributed by atoms with van der Waals surface area (Å²) in [5.74, 6) is 0.897. The van der Waals surface area contributed by atoms with Gasteiger partial charge in [0.05, 0.1) is 0 Å². The molecule has 12 heavy (non-hydrogen) atoms. The van der Waals surface area contributed by atoms with Crippen molar-refractivity contribution in [2.45, 2.75) is 26.2 Å². The third-order valence-electron chi connectivity index (χ3n) is 2.31. The molecule has 1 unspecified atom stereocenters. The molecule has 1 rings (SSSR count). The Morgan fingerprint density at radius 2 is 2.50 bits per heavy atom. The summed E-state index contributed by atoms with van der Waals surface area (Å²) in [6, 6.07) is 0. The van der Waals surface area contributed by atoms with Gasteiger partial charge in [-0.25, -0.2) is 0 Å². The van der Waals surface area contributed by atoms with E-state index >= 15 is 0 Å². The quantitative estimate of drug-likeness (QED) is 0.643. The number of carbonyl (C=O) groups excluding carboxylic acids is 1. The van der Waals surface area contributed by atoms with Crippen molar-refractivity contribution in [2.75, 3.05) is 13.7 Å². The SMILES string of the molecule is COCC(=O)C1=CCC(C)CC1. The fraction of sp³-hybridized carbons (Fsp3) is 0.700. The van der Waals surface area contributed by atoms with E-state index < -0.39 is 0 Å². The normalized spacial score (nSPS) is 23.5. The minimum atomic E-state index is 0.157. The highest BCUT2D eigenvalue weighted by Crippen LogP contribution is 2.23. The highest BCUT2D eigenvalue weighted by molar-refractivity contribution is 5.96. The van der Waals surface area contributed by atoms with Crippen molar-refractivity contribution in [3.8, 4) is 0 Å². The second kappa shape index (κ2) is 4.41. The molecular formula is C10H16O2. The first kappa shape index (κ1) is 9.46. The Morgan fingerprint density at radius 1 is 1.75 bits per heavy atom. The Morgan fingerprint density at radius 3 is 3.00 bits per heavy atom. The number of hydrogen-bond acceptors (Lipinski definition) is 2. The summed E-state index contributed by atoms with van der Waals surface area (Å²) in [5.41, 5.74) is 0.968. The Hall–Kier alpha value is -0.630. The lowest BCUT2D eigenvalue weighted by atomic mass is 9.89. The summed E-state index contributed by atoms with van der Waals surface area (Å²) in [6.45, 7) is 2.45. The van der Waals surface area contributed by atoms with Crippen LogP contribution in [0.25, 0.3) is 0 Å². The third-order valence-corrected chi connectivity index (χ3v) is 2.31. The predicted molar refractivity (Wildman–Crippen MR) is 48.0 cm³/mol. The van der Waals surface area contributed by atoms with Gasteiger partial charge < -0.3 is 4.74 Å². The van der Waals surface area contributed by atoms with Gasteiger partial charge in [0.1, 0.15) is 6.61 Å². The number of methoxy groups -OCH3 is 1. The first-order valence-electron chi connectivity index (χ1n) is 4.45. The molecule has 1 atom stereocenters. The molecule has 0 bridgehead atoms. The number of rotatable bonds is 3. The van der Waals surface area contributed by atoms with Crippen LogP contribution < -0.4 is 0 Å². The first-order valence-corrected chi connectivity index (χ1v) is 4.45. The molecule has 0 aliphatic heterocycles. The highest BCUT2D eigenvalue weighted by Gasteiger charge is 2.15. The van der Waals surface area contributed by atoms with Crippen molar-refractivity contribution in [1.82, 2.24) is 0 Å². The molecule has 0 aromatic carbocycles. The van der Waals surface area contributed by atoms with E-state index in [4.69, 9.17) is 4.74 Å². The second-order valence-electron chi connectivity index (χ2n) is 3.47. The van der Waals surface area contributed by atoms with Crippen molar-refractivity contribution >= 4 is 5.78 Å². The van der Waals surface area contributed by atoms with E-state index in [9.17, 15) is 4.79 Å². The Kier molecular flexibility index (Phi) is 3.48. The van der Waals surface area contributed by atoms with Gasteiger partial charge in [-0.2, -0.15) is 0 Å². The summed E-state index contributed by atoms with van der Waals surface area (Å²) in [5, 5.41) is 0.